The number of aromatic nitrogens is 7. The van der Waals surface area contributed by atoms with Crippen LogP contribution in [0.4, 0.5) is 26.3 Å². The van der Waals surface area contributed by atoms with Gasteiger partial charge in [0.25, 0.3) is 0 Å². The minimum Gasteiger partial charge on any atom is -0.400 e. The van der Waals surface area contributed by atoms with Crippen LogP contribution in [-0.4, -0.2) is 214 Å². The van der Waals surface area contributed by atoms with Crippen LogP contribution in [0.25, 0.3) is 0 Å². The van der Waals surface area contributed by atoms with Gasteiger partial charge in [0.1, 0.15) is 44.8 Å². The van der Waals surface area contributed by atoms with E-state index in [2.05, 4.69) is 129 Å². The van der Waals surface area contributed by atoms with Crippen LogP contribution in [0.15, 0.2) is 124 Å². The molecule has 0 aromatic carbocycles. The number of amidine groups is 1. The van der Waals surface area contributed by atoms with Crippen molar-refractivity contribution in [1.29, 1.82) is 22.3 Å². The fraction of sp³-hybridized carbons (Fsp3) is 0.494. The monoisotopic (exact) mass is 2500 g/mol. The Kier molecular flexibility index (Phi) is 53.8. The van der Waals surface area contributed by atoms with E-state index < -0.39 is 169 Å². The third-order valence-corrected chi connectivity index (χ3v) is 36.0. The normalized spacial score (nSPS) is 17.3. The number of nitrogens with two attached hydrogens (primary N) is 2. The van der Waals surface area contributed by atoms with E-state index in [1.54, 1.807) is 65.0 Å². The van der Waals surface area contributed by atoms with Gasteiger partial charge in [-0.3, -0.25) is 24.7 Å². The second-order valence-corrected chi connectivity index (χ2v) is 56.6. The molecule has 4 aliphatic carbocycles. The standard InChI is InChI=1S/C20H20ClFN4O3S.C16H21BrFN3O3S2.C11H14BrFN2OS.C7H7BrFNO.C7H5BrFNO.C5H3BrFN.2C5H7NO2S.C4H11NOS.C3H5NO2S.C2H4O.CH4O.CH5P/c1-11-5-13(21)9-24-16(11)15(27)7-12-6-14(17(22)25-8-12)19(2)10-30(28,29)20(3-4-20)18(23)26-19;1-14(2,3)25(22)21-15(4,12-7-11(17)8-20-13(12)18)10-26(23,24)16(9-19)5-6-16;1-7(15-17(16)11(2,3)4)9-5-8(12)6-14-10(9)13;2*1-4(11)6-2-5(8)3-10-7(6)9;6-4-1-2-5(7)8-3-4;2*1-9(7,8)5(4-6)2-3-5;1-4(2,3)7(5)6;1-7(5,6)3-2-4;1-2-3;2*1-2/h5-6,8-9H,3-4,7,10H2,1-2H3,(H2,23,26);7-8,21H,5-6,10H2,1-4H3;5-6H,1-4H3;2-4,11H,1H3;2-3H,1H3;1-3H;2*2-3H2,1H3;5H2,1-3H3;3H2,1H3;2H,1H3;2H,1H3;2H2,1H3/t19-;15-,25?;;;;;;;7-;;;;/m00......1..../s1/i;;;;;;;;;;;;2D. The fourth-order valence-corrected chi connectivity index (χ4v) is 20.7. The maximum absolute atomic E-state index is 14.6. The number of carbonyl (C=O) groups excluding carboxylic acids is 3. The topological polar surface area (TPSA) is 588 Å². The summed E-state index contributed by atoms with van der Waals surface area (Å²) in [5.74, 6) is -6.01. The average molecular weight is 2510 g/mol. The first kappa shape index (κ1) is 133. The largest absolute Gasteiger partial charge is 0.400 e. The van der Waals surface area contributed by atoms with Crippen molar-refractivity contribution < 1.29 is 106 Å². The highest BCUT2D eigenvalue weighted by molar-refractivity contribution is 9.11. The minimum atomic E-state index is -3.89. The van der Waals surface area contributed by atoms with Gasteiger partial charge in [-0.2, -0.15) is 51.8 Å². The third-order valence-electron chi connectivity index (χ3n) is 19.3. The fourth-order valence-electron chi connectivity index (χ4n) is 10.6. The number of nitriles is 4. The Labute approximate surface area is 884 Å². The zero-order valence-electron chi connectivity index (χ0n) is 82.0. The molecule has 0 bridgehead atoms. The molecule has 34 nitrogen and oxygen atoms in total. The summed E-state index contributed by atoms with van der Waals surface area (Å²) in [4.78, 5) is 61.8. The van der Waals surface area contributed by atoms with Crippen LogP contribution < -0.4 is 15.6 Å². The molecule has 4 fully saturated rings. The summed E-state index contributed by atoms with van der Waals surface area (Å²) in [6.45, 7) is 28.5. The molecule has 4 unspecified atom stereocenters. The number of aliphatic hydroxyl groups excluding tert-OH is 2. The van der Waals surface area contributed by atoms with Crippen molar-refractivity contribution in [2.45, 2.75) is 219 Å². The number of rotatable bonds is 17. The summed E-state index contributed by atoms with van der Waals surface area (Å²) in [6, 6.07) is 18.9. The molecule has 7 aromatic rings. The number of nitrogens with one attached hydrogen (secondary N) is 1. The average Bonchev–Trinajstić information content (AvgIpc) is 1.54. The molecule has 7 N–H and O–H groups in total. The highest BCUT2D eigenvalue weighted by atomic mass is 79.9. The number of aldehydes is 1. The number of hydrogen-bond acceptors (Lipinski definition) is 31. The lowest BCUT2D eigenvalue weighted by atomic mass is 9.93. The maximum Gasteiger partial charge on any atom is 0.223 e. The van der Waals surface area contributed by atoms with Gasteiger partial charge in [0.05, 0.1) is 107 Å². The van der Waals surface area contributed by atoms with Crippen molar-refractivity contribution in [3.63, 3.8) is 0 Å². The maximum atomic E-state index is 14.6. The Morgan fingerprint density at radius 1 is 0.648 bits per heavy atom. The molecule has 0 amide bonds. The predicted molar refractivity (Wildman–Crippen MR) is 559 cm³/mol. The Balaban J connectivity index is 0.00000162. The molecule has 1 spiro atoms. The number of ketones is 2. The number of carbonyl (C=O) groups is 3. The van der Waals surface area contributed by atoms with Crippen LogP contribution in [-0.2, 0) is 104 Å². The lowest BCUT2D eigenvalue weighted by Gasteiger charge is -2.34. The zero-order chi connectivity index (χ0) is 112. The minimum absolute atomic E-state index is 0.00406. The van der Waals surface area contributed by atoms with E-state index in [-0.39, 0.29) is 86.4 Å². The molecule has 786 valence electrons. The molecule has 8 heterocycles. The van der Waals surface area contributed by atoms with Gasteiger partial charge in [0, 0.05) is 115 Å². The smallest absolute Gasteiger partial charge is 0.223 e. The third kappa shape index (κ3) is 43.0. The number of sulfone groups is 5. The highest BCUT2D eigenvalue weighted by Crippen LogP contribution is 2.51. The highest BCUT2D eigenvalue weighted by Gasteiger charge is 2.63. The van der Waals surface area contributed by atoms with Crippen LogP contribution in [0.5, 0.6) is 0 Å². The van der Waals surface area contributed by atoms with Crippen LogP contribution in [0, 0.1) is 87.9 Å². The Bertz CT molecular complexity index is 6500. The lowest BCUT2D eigenvalue weighted by Crippen LogP contribution is -2.52. The summed E-state index contributed by atoms with van der Waals surface area (Å²) < 4.78 is 239. The lowest BCUT2D eigenvalue weighted by molar-refractivity contribution is -0.106. The summed E-state index contributed by atoms with van der Waals surface area (Å²) >= 11 is 21.6. The molecule has 0 saturated heterocycles. The van der Waals surface area contributed by atoms with Crippen LogP contribution >= 0.6 is 100 Å². The predicted octanol–water partition coefficient (Wildman–Crippen LogP) is 15.2. The van der Waals surface area contributed by atoms with E-state index in [1.165, 1.54) is 114 Å². The number of hydrogen-bond donors (Lipinski definition) is 5. The number of Topliss-reactive ketones (excluding diaryl/α,β-unsaturated/α-hetero) is 2. The number of pyridine rings is 7. The number of nitrogens with zero attached hydrogens (tertiary/aromatic N) is 13. The second kappa shape index (κ2) is 57.4. The molecule has 1 aliphatic heterocycles. The van der Waals surface area contributed by atoms with Crippen molar-refractivity contribution >= 4 is 212 Å². The van der Waals surface area contributed by atoms with Gasteiger partial charge >= 0.3 is 0 Å². The van der Waals surface area contributed by atoms with Gasteiger partial charge in [-0.15, -0.1) is 9.18 Å². The van der Waals surface area contributed by atoms with Crippen LogP contribution in [0.3, 0.4) is 0 Å². The summed E-state index contributed by atoms with van der Waals surface area (Å²) in [6.07, 6.45) is 15.9. The first-order valence-corrected chi connectivity index (χ1v) is 59.0. The van der Waals surface area contributed by atoms with E-state index in [0.29, 0.717) is 87.5 Å². The van der Waals surface area contributed by atoms with Crippen molar-refractivity contribution in [3.8, 4) is 24.3 Å². The summed E-state index contributed by atoms with van der Waals surface area (Å²) in [5.41, 5.74) is 5.19. The SMILES string of the molecule is CC(=NS(=O)C(C)(C)C)c1cc(Br)cnc1F.CC(=O)c1cc(Br)cnc1F.CC(C)(C)S(=O)N[C@@](C)(CS(=O)(=O)C1(C#N)CC1)c1cc(Br)cnc1F.CC(C)(C)[S@](N)=O.CC(O)c1cc(Br)cnc1F.CC=O.CO.CS(=O)(=O)C1(C#N)CC1.CS(=O)(=O)C1(C#N)CC1.CS(=O)(=O)CC#N.Cc1cc(Cl)cnc1C(=O)Cc1cnc(F)c([C@]2(C)CS(=O)(=O)C3(CC3)C(N)=N2)c1.Fc1ccc(Br)cn1.[2H]PC. The van der Waals surface area contributed by atoms with Crippen LogP contribution in [0.1, 0.15) is 216 Å². The van der Waals surface area contributed by atoms with Crippen LogP contribution in [0.2, 0.25) is 5.02 Å². The van der Waals surface area contributed by atoms with Gasteiger partial charge in [-0.25, -0.2) is 89.3 Å². The van der Waals surface area contributed by atoms with Gasteiger partial charge in [0.2, 0.25) is 35.7 Å². The van der Waals surface area contributed by atoms with E-state index >= 15 is 0 Å². The molecule has 12 rings (SSSR count). The first-order chi connectivity index (χ1) is 65.3. The van der Waals surface area contributed by atoms with Gasteiger partial charge in [-0.05, 0) is 301 Å². The zero-order valence-corrected chi connectivity index (χ0v) is 97.2. The number of halogens is 12. The molecule has 7 atom stereocenters. The molecular weight excluding hydrogens is 2390 g/mol. The first-order valence-electron chi connectivity index (χ1n) is 41.6. The molecule has 7 aromatic heterocycles. The van der Waals surface area contributed by atoms with Gasteiger partial charge in [0.15, 0.2) is 75.0 Å². The Hall–Kier alpha value is -7.10. The van der Waals surface area contributed by atoms with Crippen molar-refractivity contribution in [3.05, 3.63) is 200 Å². The molecule has 5 aliphatic rings. The quantitative estimate of drug-likeness (QED) is 0.0141. The molecule has 142 heavy (non-hydrogen) atoms. The van der Waals surface area contributed by atoms with Crippen molar-refractivity contribution in [1.82, 2.24) is 39.6 Å². The second-order valence-electron chi connectivity index (χ2n) is 34.5. The summed E-state index contributed by atoms with van der Waals surface area (Å²) in [7, 11) is -19.7. The van der Waals surface area contributed by atoms with E-state index in [9.17, 15) is 95.9 Å². The Morgan fingerprint density at radius 3 is 1.39 bits per heavy atom. The van der Waals surface area contributed by atoms with E-state index in [4.69, 9.17) is 54.5 Å². The number of aliphatic imine (C=N–C) groups is 1. The van der Waals surface area contributed by atoms with E-state index in [1.807, 2.05) is 54.3 Å². The van der Waals surface area contributed by atoms with Crippen molar-refractivity contribution in [2.75, 3.05) is 49.8 Å². The molecule has 4 saturated carbocycles. The number of aryl methyl sites for hydroxylation is 1. The molecule has 0 radical (unpaired) electrons. The van der Waals surface area contributed by atoms with Crippen molar-refractivity contribution in [2.24, 2.45) is 20.3 Å². The summed E-state index contributed by atoms with van der Waals surface area (Å²) in [5, 5.41) is 55.3. The van der Waals surface area contributed by atoms with Gasteiger partial charge in [-0.1, -0.05) is 18.3 Å². The van der Waals surface area contributed by atoms with Gasteiger partial charge < -0.3 is 20.7 Å². The Morgan fingerprint density at radius 2 is 1.06 bits per heavy atom. The number of aliphatic hydroxyl groups is 2. The molecule has 55 heteroatoms. The molecular formula is C87H113Br5ClF6N16O18PS8. The van der Waals surface area contributed by atoms with E-state index in [0.717, 1.165) is 36.6 Å².